The van der Waals surface area contributed by atoms with Gasteiger partial charge in [-0.1, -0.05) is 18.1 Å². The summed E-state index contributed by atoms with van der Waals surface area (Å²) in [5.41, 5.74) is 1.62. The summed E-state index contributed by atoms with van der Waals surface area (Å²) in [5, 5.41) is 0. The van der Waals surface area contributed by atoms with Gasteiger partial charge in [0.1, 0.15) is 0 Å². The molecular formula is C13H23N. The van der Waals surface area contributed by atoms with Crippen molar-refractivity contribution in [3.05, 3.63) is 11.6 Å². The smallest absolute Gasteiger partial charge is 0.00128 e. The van der Waals surface area contributed by atoms with Gasteiger partial charge >= 0.3 is 0 Å². The molecule has 0 spiro atoms. The molecule has 14 heavy (non-hydrogen) atoms. The van der Waals surface area contributed by atoms with Crippen molar-refractivity contribution in [2.75, 3.05) is 19.6 Å². The third-order valence-corrected chi connectivity index (χ3v) is 3.64. The Labute approximate surface area is 88.2 Å². The van der Waals surface area contributed by atoms with Gasteiger partial charge in [-0.15, -0.1) is 0 Å². The molecule has 1 aliphatic carbocycles. The van der Waals surface area contributed by atoms with Crippen LogP contribution in [0, 0.1) is 5.92 Å². The first-order chi connectivity index (χ1) is 6.84. The first kappa shape index (κ1) is 10.2. The van der Waals surface area contributed by atoms with Gasteiger partial charge in [0.15, 0.2) is 0 Å². The molecule has 1 heterocycles. The second-order valence-corrected chi connectivity index (χ2v) is 5.06. The molecule has 1 fully saturated rings. The fourth-order valence-corrected chi connectivity index (χ4v) is 2.87. The number of likely N-dealkylation sites (tertiary alicyclic amines) is 1. The highest BCUT2D eigenvalue weighted by atomic mass is 15.1. The number of hydrogen-bond acceptors (Lipinski definition) is 1. The Morgan fingerprint density at radius 2 is 2.07 bits per heavy atom. The molecular weight excluding hydrogens is 170 g/mol. The van der Waals surface area contributed by atoms with E-state index in [-0.39, 0.29) is 0 Å². The molecule has 1 nitrogen and oxygen atoms in total. The minimum Gasteiger partial charge on any atom is -0.303 e. The van der Waals surface area contributed by atoms with Crippen LogP contribution in [-0.4, -0.2) is 24.5 Å². The molecule has 1 aliphatic heterocycles. The maximum absolute atomic E-state index is 2.69. The van der Waals surface area contributed by atoms with Gasteiger partial charge in [0.2, 0.25) is 0 Å². The van der Waals surface area contributed by atoms with Crippen LogP contribution in [-0.2, 0) is 0 Å². The van der Waals surface area contributed by atoms with E-state index in [9.17, 15) is 0 Å². The van der Waals surface area contributed by atoms with Crippen LogP contribution in [0.4, 0.5) is 0 Å². The molecule has 0 aromatic carbocycles. The maximum atomic E-state index is 2.69. The van der Waals surface area contributed by atoms with E-state index in [0.717, 1.165) is 5.92 Å². The third kappa shape index (κ3) is 2.84. The summed E-state index contributed by atoms with van der Waals surface area (Å²) in [4.78, 5) is 2.69. The van der Waals surface area contributed by atoms with Crippen LogP contribution in [0.25, 0.3) is 0 Å². The zero-order valence-corrected chi connectivity index (χ0v) is 9.47. The molecule has 1 heteroatoms. The van der Waals surface area contributed by atoms with Crippen molar-refractivity contribution in [3.8, 4) is 0 Å². The summed E-state index contributed by atoms with van der Waals surface area (Å²) in [6.07, 6.45) is 10.9. The van der Waals surface area contributed by atoms with Crippen molar-refractivity contribution < 1.29 is 0 Å². The first-order valence-corrected chi connectivity index (χ1v) is 6.22. The highest BCUT2D eigenvalue weighted by molar-refractivity contribution is 5.03. The summed E-state index contributed by atoms with van der Waals surface area (Å²) < 4.78 is 0. The lowest BCUT2D eigenvalue weighted by atomic mass is 9.89. The van der Waals surface area contributed by atoms with E-state index in [0.29, 0.717) is 0 Å². The molecule has 1 saturated heterocycles. The number of allylic oxidation sites excluding steroid dienone is 2. The van der Waals surface area contributed by atoms with Crippen molar-refractivity contribution in [2.45, 2.75) is 45.4 Å². The summed E-state index contributed by atoms with van der Waals surface area (Å²) in [6, 6.07) is 0. The van der Waals surface area contributed by atoms with Gasteiger partial charge in [-0.05, 0) is 58.0 Å². The third-order valence-electron chi connectivity index (χ3n) is 3.64. The molecule has 2 rings (SSSR count). The van der Waals surface area contributed by atoms with E-state index in [1.807, 2.05) is 0 Å². The Balaban J connectivity index is 1.76. The fraction of sp³-hybridized carbons (Fsp3) is 0.846. The quantitative estimate of drug-likeness (QED) is 0.609. The predicted octanol–water partition coefficient (Wildman–Crippen LogP) is 3.22. The van der Waals surface area contributed by atoms with Gasteiger partial charge in [0.05, 0.1) is 0 Å². The van der Waals surface area contributed by atoms with E-state index in [1.54, 1.807) is 5.57 Å². The molecule has 0 radical (unpaired) electrons. The highest BCUT2D eigenvalue weighted by Crippen LogP contribution is 2.25. The van der Waals surface area contributed by atoms with E-state index in [4.69, 9.17) is 0 Å². The predicted molar refractivity (Wildman–Crippen MR) is 61.4 cm³/mol. The van der Waals surface area contributed by atoms with Crippen molar-refractivity contribution >= 4 is 0 Å². The van der Waals surface area contributed by atoms with Gasteiger partial charge in [-0.3, -0.25) is 0 Å². The van der Waals surface area contributed by atoms with Gasteiger partial charge in [0, 0.05) is 6.54 Å². The minimum absolute atomic E-state index is 0.957. The summed E-state index contributed by atoms with van der Waals surface area (Å²) in [5.74, 6) is 0.957. The van der Waals surface area contributed by atoms with Crippen molar-refractivity contribution in [1.82, 2.24) is 4.90 Å². The van der Waals surface area contributed by atoms with Crippen LogP contribution >= 0.6 is 0 Å². The standard InChI is InChI=1S/C13H23N/c1-12-6-5-7-13(10-12)11-14-8-3-2-4-9-14/h6,13H,2-5,7-11H2,1H3. The van der Waals surface area contributed by atoms with Crippen molar-refractivity contribution in [3.63, 3.8) is 0 Å². The zero-order valence-electron chi connectivity index (χ0n) is 9.47. The molecule has 1 atom stereocenters. The maximum Gasteiger partial charge on any atom is 0.00128 e. The lowest BCUT2D eigenvalue weighted by Gasteiger charge is -2.31. The molecule has 0 N–H and O–H groups in total. The van der Waals surface area contributed by atoms with E-state index < -0.39 is 0 Å². The second kappa shape index (κ2) is 4.97. The van der Waals surface area contributed by atoms with Gasteiger partial charge in [0.25, 0.3) is 0 Å². The van der Waals surface area contributed by atoms with Crippen LogP contribution in [0.2, 0.25) is 0 Å². The Morgan fingerprint density at radius 3 is 2.79 bits per heavy atom. The summed E-state index contributed by atoms with van der Waals surface area (Å²) >= 11 is 0. The molecule has 0 saturated carbocycles. The van der Waals surface area contributed by atoms with E-state index in [1.165, 1.54) is 58.2 Å². The molecule has 0 amide bonds. The van der Waals surface area contributed by atoms with Crippen LogP contribution in [0.3, 0.4) is 0 Å². The first-order valence-electron chi connectivity index (χ1n) is 6.22. The molecule has 0 aromatic rings. The Hall–Kier alpha value is -0.300. The second-order valence-electron chi connectivity index (χ2n) is 5.06. The van der Waals surface area contributed by atoms with Crippen molar-refractivity contribution in [2.24, 2.45) is 5.92 Å². The Morgan fingerprint density at radius 1 is 1.29 bits per heavy atom. The lowest BCUT2D eigenvalue weighted by molar-refractivity contribution is 0.188. The van der Waals surface area contributed by atoms with E-state index in [2.05, 4.69) is 17.9 Å². The topological polar surface area (TPSA) is 3.24 Å². The number of piperidine rings is 1. The summed E-state index contributed by atoms with van der Waals surface area (Å²) in [6.45, 7) is 6.38. The van der Waals surface area contributed by atoms with Gasteiger partial charge in [-0.25, -0.2) is 0 Å². The molecule has 0 bridgehead atoms. The number of rotatable bonds is 2. The lowest BCUT2D eigenvalue weighted by Crippen LogP contribution is -2.34. The van der Waals surface area contributed by atoms with E-state index >= 15 is 0 Å². The molecule has 2 aliphatic rings. The average molecular weight is 193 g/mol. The SMILES string of the molecule is CC1=CCCC(CN2CCCCC2)C1. The van der Waals surface area contributed by atoms with Crippen LogP contribution in [0.5, 0.6) is 0 Å². The molecule has 1 unspecified atom stereocenters. The highest BCUT2D eigenvalue weighted by Gasteiger charge is 2.18. The largest absolute Gasteiger partial charge is 0.303 e. The average Bonchev–Trinajstić information content (AvgIpc) is 2.19. The van der Waals surface area contributed by atoms with Gasteiger partial charge in [-0.2, -0.15) is 0 Å². The molecule has 0 aromatic heterocycles. The minimum atomic E-state index is 0.957. The fourth-order valence-electron chi connectivity index (χ4n) is 2.87. The van der Waals surface area contributed by atoms with Crippen LogP contribution in [0.1, 0.15) is 45.4 Å². The zero-order chi connectivity index (χ0) is 9.80. The Bertz CT molecular complexity index is 201. The number of nitrogens with zero attached hydrogens (tertiary/aromatic N) is 1. The summed E-state index contributed by atoms with van der Waals surface area (Å²) in [7, 11) is 0. The van der Waals surface area contributed by atoms with Crippen molar-refractivity contribution in [1.29, 1.82) is 0 Å². The molecule has 80 valence electrons. The monoisotopic (exact) mass is 193 g/mol. The van der Waals surface area contributed by atoms with Gasteiger partial charge < -0.3 is 4.90 Å². The Kier molecular flexibility index (Phi) is 3.63. The van der Waals surface area contributed by atoms with Crippen LogP contribution in [0.15, 0.2) is 11.6 Å². The number of hydrogen-bond donors (Lipinski definition) is 0. The van der Waals surface area contributed by atoms with Crippen LogP contribution < -0.4 is 0 Å². The normalized spacial score (nSPS) is 30.1.